The molecule has 2 aromatic carbocycles. The van der Waals surface area contributed by atoms with Crippen LogP contribution in [0.4, 0.5) is 0 Å². The minimum atomic E-state index is -1.08. The van der Waals surface area contributed by atoms with E-state index in [2.05, 4.69) is 12.0 Å². The lowest BCUT2D eigenvalue weighted by Gasteiger charge is -2.24. The van der Waals surface area contributed by atoms with Crippen molar-refractivity contribution in [2.75, 3.05) is 7.05 Å². The molecule has 5 nitrogen and oxygen atoms in total. The molecular formula is C22H27N2O3P2S2+. The molecule has 9 heteroatoms. The third-order valence-electron chi connectivity index (χ3n) is 4.61. The Labute approximate surface area is 197 Å². The number of ether oxygens (including phenoxy) is 2. The van der Waals surface area contributed by atoms with E-state index in [-0.39, 0.29) is 11.2 Å². The fourth-order valence-corrected chi connectivity index (χ4v) is 5.01. The van der Waals surface area contributed by atoms with Crippen LogP contribution in [0, 0.1) is 0 Å². The predicted molar refractivity (Wildman–Crippen MR) is 136 cm³/mol. The summed E-state index contributed by atoms with van der Waals surface area (Å²) in [5.74, 6) is 1.33. The number of hydrogen-bond acceptors (Lipinski definition) is 6. The molecule has 0 fully saturated rings. The second-order valence-electron chi connectivity index (χ2n) is 7.00. The van der Waals surface area contributed by atoms with Gasteiger partial charge in [-0.25, -0.2) is 0 Å². The Kier molecular flexibility index (Phi) is 10.1. The summed E-state index contributed by atoms with van der Waals surface area (Å²) in [6.45, 7) is 5.04. The molecule has 164 valence electrons. The van der Waals surface area contributed by atoms with Gasteiger partial charge in [-0.2, -0.15) is 0 Å². The molecule has 0 saturated heterocycles. The molecule has 31 heavy (non-hydrogen) atoms. The summed E-state index contributed by atoms with van der Waals surface area (Å²) in [6.07, 6.45) is 4.19. The van der Waals surface area contributed by atoms with Crippen molar-refractivity contribution in [2.45, 2.75) is 44.8 Å². The van der Waals surface area contributed by atoms with Gasteiger partial charge in [0, 0.05) is 19.3 Å². The highest BCUT2D eigenvalue weighted by molar-refractivity contribution is 8.04. The second-order valence-corrected chi connectivity index (χ2v) is 11.6. The van der Waals surface area contributed by atoms with Crippen LogP contribution in [-0.4, -0.2) is 35.5 Å². The maximum atomic E-state index is 10.8. The van der Waals surface area contributed by atoms with Crippen molar-refractivity contribution in [1.29, 1.82) is 0 Å². The molecule has 0 saturated carbocycles. The second kappa shape index (κ2) is 12.3. The summed E-state index contributed by atoms with van der Waals surface area (Å²) in [6, 6.07) is 14.8. The number of hydrazone groups is 1. The van der Waals surface area contributed by atoms with Crippen LogP contribution in [0.2, 0.25) is 0 Å². The number of carbonyl (C=O) groups is 1. The standard InChI is InChI=1S/C22H27N2O3P2S2/c1-5-21(26-19-11-9-18(16-25)10-12-19)29(31)24(4)23-15-17-7-13-20(14-8-17)27-22(3,6-2)28-30/h7-16,21H,5-6H2,1-4H3/q+1/b23-15+. The molecule has 0 aliphatic carbocycles. The van der Waals surface area contributed by atoms with Gasteiger partial charge < -0.3 is 9.47 Å². The number of nitrogens with zero attached hydrogens (tertiary/aromatic N) is 2. The number of hydrogen-bond donors (Lipinski definition) is 0. The zero-order valence-corrected chi connectivity index (χ0v) is 21.5. The van der Waals surface area contributed by atoms with Crippen molar-refractivity contribution in [1.82, 2.24) is 4.78 Å². The van der Waals surface area contributed by atoms with E-state index in [0.29, 0.717) is 11.3 Å². The van der Waals surface area contributed by atoms with E-state index in [1.807, 2.05) is 45.2 Å². The van der Waals surface area contributed by atoms with Crippen molar-refractivity contribution in [2.24, 2.45) is 5.10 Å². The van der Waals surface area contributed by atoms with E-state index in [0.717, 1.165) is 37.8 Å². The average molecular weight is 494 g/mol. The Bertz CT molecular complexity index is 923. The van der Waals surface area contributed by atoms with Gasteiger partial charge in [-0.15, -0.1) is 9.88 Å². The Balaban J connectivity index is 1.99. The SMILES string of the molecule is CCC(Oc1ccc(C=O)cc1)[P+](=S)N(C)/N=C/c1ccc(OC(C)(CC)P=S)cc1. The molecule has 0 spiro atoms. The normalized spacial score (nSPS) is 14.6. The Morgan fingerprint density at radius 2 is 1.71 bits per heavy atom. The third kappa shape index (κ3) is 7.69. The zero-order valence-electron chi connectivity index (χ0n) is 18.1. The third-order valence-corrected chi connectivity index (χ3v) is 9.61. The van der Waals surface area contributed by atoms with E-state index in [1.165, 1.54) is 0 Å². The lowest BCUT2D eigenvalue weighted by molar-refractivity contribution is 0.112. The first-order valence-electron chi connectivity index (χ1n) is 9.93. The lowest BCUT2D eigenvalue weighted by Crippen LogP contribution is -2.23. The largest absolute Gasteiger partial charge is 0.478 e. The Morgan fingerprint density at radius 3 is 2.23 bits per heavy atom. The highest BCUT2D eigenvalue weighted by atomic mass is 32.4. The van der Waals surface area contributed by atoms with Crippen LogP contribution >= 0.6 is 14.2 Å². The molecule has 2 aromatic rings. The molecule has 0 aromatic heterocycles. The van der Waals surface area contributed by atoms with Crippen LogP contribution in [0.15, 0.2) is 53.6 Å². The van der Waals surface area contributed by atoms with Crippen molar-refractivity contribution in [3.63, 3.8) is 0 Å². The fraction of sp³-hybridized carbons (Fsp3) is 0.364. The molecule has 0 aliphatic heterocycles. The number of aldehydes is 1. The Morgan fingerprint density at radius 1 is 1.13 bits per heavy atom. The summed E-state index contributed by atoms with van der Waals surface area (Å²) in [7, 11) is 2.66. The summed E-state index contributed by atoms with van der Waals surface area (Å²) >= 11 is 10.9. The van der Waals surface area contributed by atoms with Crippen molar-refractivity contribution >= 4 is 50.3 Å². The molecule has 0 heterocycles. The predicted octanol–water partition coefficient (Wildman–Crippen LogP) is 6.35. The topological polar surface area (TPSA) is 51.1 Å². The summed E-state index contributed by atoms with van der Waals surface area (Å²) in [5.41, 5.74) is 1.56. The summed E-state index contributed by atoms with van der Waals surface area (Å²) < 4.78 is 13.8. The number of carbonyl (C=O) groups excluding carboxylic acids is 1. The first kappa shape index (κ1) is 25.5. The van der Waals surface area contributed by atoms with Crippen LogP contribution in [0.25, 0.3) is 0 Å². The Hall–Kier alpha value is -1.78. The van der Waals surface area contributed by atoms with Crippen LogP contribution in [0.3, 0.4) is 0 Å². The number of rotatable bonds is 12. The highest BCUT2D eigenvalue weighted by Gasteiger charge is 2.30. The van der Waals surface area contributed by atoms with Crippen molar-refractivity contribution in [3.05, 3.63) is 59.7 Å². The van der Waals surface area contributed by atoms with Crippen LogP contribution in [0.5, 0.6) is 11.5 Å². The van der Waals surface area contributed by atoms with E-state index < -0.39 is 6.85 Å². The van der Waals surface area contributed by atoms with E-state index in [9.17, 15) is 4.79 Å². The molecule has 2 rings (SSSR count). The summed E-state index contributed by atoms with van der Waals surface area (Å²) in [4.78, 5) is 10.8. The molecule has 3 unspecified atom stereocenters. The van der Waals surface area contributed by atoms with Gasteiger partial charge in [0.05, 0.1) is 13.3 Å². The van der Waals surface area contributed by atoms with Gasteiger partial charge in [-0.1, -0.05) is 25.7 Å². The van der Waals surface area contributed by atoms with Crippen LogP contribution < -0.4 is 9.47 Å². The van der Waals surface area contributed by atoms with E-state index >= 15 is 0 Å². The lowest BCUT2D eigenvalue weighted by atomic mass is 10.2. The molecule has 3 atom stereocenters. The first-order chi connectivity index (χ1) is 14.8. The molecule has 0 N–H and O–H groups in total. The monoisotopic (exact) mass is 493 g/mol. The van der Waals surface area contributed by atoms with Gasteiger partial charge in [0.1, 0.15) is 17.8 Å². The summed E-state index contributed by atoms with van der Waals surface area (Å²) in [5, 5.41) is 4.16. The van der Waals surface area contributed by atoms with Gasteiger partial charge in [0.25, 0.3) is 5.85 Å². The van der Waals surface area contributed by atoms with Gasteiger partial charge in [0.2, 0.25) is 0 Å². The molecule has 0 radical (unpaired) electrons. The smallest absolute Gasteiger partial charge is 0.355 e. The minimum Gasteiger partial charge on any atom is -0.478 e. The highest BCUT2D eigenvalue weighted by Crippen LogP contribution is 2.36. The van der Waals surface area contributed by atoms with Gasteiger partial charge >= 0.3 is 6.85 Å². The van der Waals surface area contributed by atoms with Crippen LogP contribution in [0.1, 0.15) is 49.5 Å². The van der Waals surface area contributed by atoms with Crippen molar-refractivity contribution in [3.8, 4) is 11.5 Å². The van der Waals surface area contributed by atoms with Crippen LogP contribution in [-0.2, 0) is 23.6 Å². The first-order valence-corrected chi connectivity index (χ1v) is 14.2. The van der Waals surface area contributed by atoms with E-state index in [4.69, 9.17) is 33.1 Å². The average Bonchev–Trinajstić information content (AvgIpc) is 2.81. The quantitative estimate of drug-likeness (QED) is 0.149. The maximum Gasteiger partial charge on any atom is 0.355 e. The van der Waals surface area contributed by atoms with Gasteiger partial charge in [-0.05, 0) is 67.4 Å². The molecule has 0 bridgehead atoms. The van der Waals surface area contributed by atoms with E-state index in [1.54, 1.807) is 35.3 Å². The minimum absolute atomic E-state index is 0.158. The van der Waals surface area contributed by atoms with Gasteiger partial charge in [0.15, 0.2) is 17.1 Å². The molecular weight excluding hydrogens is 466 g/mol. The van der Waals surface area contributed by atoms with Crippen molar-refractivity contribution < 1.29 is 14.3 Å². The fourth-order valence-electron chi connectivity index (χ4n) is 2.49. The van der Waals surface area contributed by atoms with Gasteiger partial charge in [-0.3, -0.25) is 4.79 Å². The number of benzene rings is 2. The molecule has 0 amide bonds. The zero-order chi connectivity index (χ0) is 22.9. The molecule has 0 aliphatic rings. The maximum absolute atomic E-state index is 10.8.